The van der Waals surface area contributed by atoms with Crippen LogP contribution >= 0.6 is 0 Å². The molecule has 140 valence electrons. The summed E-state index contributed by atoms with van der Waals surface area (Å²) in [7, 11) is 0. The van der Waals surface area contributed by atoms with E-state index in [0.29, 0.717) is 13.2 Å². The van der Waals surface area contributed by atoms with E-state index in [2.05, 4.69) is 5.32 Å². The number of nitrogens with one attached hydrogen (secondary N) is 2. The van der Waals surface area contributed by atoms with Gasteiger partial charge in [-0.3, -0.25) is 0 Å². The van der Waals surface area contributed by atoms with Crippen molar-refractivity contribution in [3.8, 4) is 0 Å². The van der Waals surface area contributed by atoms with Crippen molar-refractivity contribution >= 4 is 11.8 Å². The molecule has 0 radical (unpaired) electrons. The molecule has 1 heterocycles. The third kappa shape index (κ3) is 4.73. The van der Waals surface area contributed by atoms with E-state index < -0.39 is 34.5 Å². The van der Waals surface area contributed by atoms with Crippen LogP contribution in [0, 0.1) is 23.3 Å². The Morgan fingerprint density at radius 1 is 1.08 bits per heavy atom. The zero-order valence-electron chi connectivity index (χ0n) is 14.6. The second-order valence-corrected chi connectivity index (χ2v) is 6.12. The molecule has 0 unspecified atom stereocenters. The average Bonchev–Trinajstić information content (AvgIpc) is 3.13. The number of halogens is 4. The van der Waals surface area contributed by atoms with Crippen molar-refractivity contribution < 1.29 is 27.2 Å². The Hall–Kier alpha value is -1.60. The van der Waals surface area contributed by atoms with E-state index in [0.717, 1.165) is 32.0 Å². The lowest BCUT2D eigenvalue weighted by atomic mass is 10.1. The Balaban J connectivity index is 2.17. The smallest absolute Gasteiger partial charge is 0.185 e. The normalized spacial score (nSPS) is 17.8. The maximum atomic E-state index is 14.2. The molecule has 2 N–H and O–H groups in total. The molecule has 1 saturated heterocycles. The summed E-state index contributed by atoms with van der Waals surface area (Å²) in [6.45, 7) is 6.88. The van der Waals surface area contributed by atoms with Crippen LogP contribution in [0.2, 0.25) is 0 Å². The molecule has 1 fully saturated rings. The molecule has 0 aliphatic carbocycles. The van der Waals surface area contributed by atoms with Gasteiger partial charge in [0.2, 0.25) is 0 Å². The third-order valence-corrected chi connectivity index (χ3v) is 4.52. The van der Waals surface area contributed by atoms with Gasteiger partial charge in [0, 0.05) is 13.2 Å². The fraction of sp³-hybridized carbons (Fsp3) is 0.556. The van der Waals surface area contributed by atoms with Crippen molar-refractivity contribution in [3.05, 3.63) is 34.9 Å². The number of benzene rings is 1. The lowest BCUT2D eigenvalue weighted by Crippen LogP contribution is -3.11. The summed E-state index contributed by atoms with van der Waals surface area (Å²) in [6.07, 6.45) is 4.03. The summed E-state index contributed by atoms with van der Waals surface area (Å²) >= 11 is 0. The number of anilines is 1. The molecule has 0 aromatic heterocycles. The Labute approximate surface area is 145 Å². The van der Waals surface area contributed by atoms with Crippen molar-refractivity contribution in [2.24, 2.45) is 0 Å². The third-order valence-electron chi connectivity index (χ3n) is 4.52. The minimum atomic E-state index is -1.41. The van der Waals surface area contributed by atoms with Gasteiger partial charge in [-0.15, -0.1) is 0 Å². The highest BCUT2D eigenvalue weighted by atomic mass is 19.2. The number of hydrogen-bond acceptors (Lipinski definition) is 2. The molecule has 0 bridgehead atoms. The molecule has 1 aliphatic rings. The Morgan fingerprint density at radius 2 is 1.72 bits per heavy atom. The monoisotopic (exact) mass is 361 g/mol. The first-order valence-corrected chi connectivity index (χ1v) is 8.71. The molecule has 0 saturated carbocycles. The van der Waals surface area contributed by atoms with Gasteiger partial charge in [0.15, 0.2) is 23.3 Å². The summed E-state index contributed by atoms with van der Waals surface area (Å²) in [5.41, 5.74) is -1.47. The van der Waals surface area contributed by atoms with E-state index in [1.165, 1.54) is 11.0 Å². The van der Waals surface area contributed by atoms with E-state index in [4.69, 9.17) is 4.74 Å². The highest BCUT2D eigenvalue weighted by molar-refractivity contribution is 5.58. The molecular formula is C18H25F4N2O+. The number of likely N-dealkylation sites (N-methyl/N-ethyl adjacent to an activating group) is 1. The second kappa shape index (κ2) is 9.20. The topological polar surface area (TPSA) is 25.7 Å². The van der Waals surface area contributed by atoms with Gasteiger partial charge in [0.25, 0.3) is 0 Å². The molecule has 25 heavy (non-hydrogen) atoms. The van der Waals surface area contributed by atoms with E-state index in [9.17, 15) is 17.6 Å². The van der Waals surface area contributed by atoms with Crippen LogP contribution in [-0.2, 0) is 4.74 Å². The minimum absolute atomic E-state index is 0.104. The highest BCUT2D eigenvalue weighted by Gasteiger charge is 2.25. The number of hydrogen-bond donors (Lipinski definition) is 2. The first kappa shape index (κ1) is 19.7. The van der Waals surface area contributed by atoms with Crippen LogP contribution in [0.3, 0.4) is 0 Å². The lowest BCUT2D eigenvalue weighted by Gasteiger charge is -2.15. The van der Waals surface area contributed by atoms with Gasteiger partial charge >= 0.3 is 0 Å². The van der Waals surface area contributed by atoms with Gasteiger partial charge in [-0.2, -0.15) is 0 Å². The molecule has 1 aliphatic heterocycles. The van der Waals surface area contributed by atoms with E-state index in [-0.39, 0.29) is 12.6 Å². The van der Waals surface area contributed by atoms with Crippen LogP contribution in [0.5, 0.6) is 0 Å². The SMILES string of the molecule is CC[NH+](CC)C/C=C/c1c(F)c(F)c(NC[C@H]2CCCO2)c(F)c1F. The Morgan fingerprint density at radius 3 is 2.24 bits per heavy atom. The predicted molar refractivity (Wildman–Crippen MR) is 89.7 cm³/mol. The molecule has 7 heteroatoms. The van der Waals surface area contributed by atoms with Gasteiger partial charge in [-0.05, 0) is 38.8 Å². The molecule has 1 aromatic rings. The fourth-order valence-electron chi connectivity index (χ4n) is 2.85. The van der Waals surface area contributed by atoms with E-state index in [1.54, 1.807) is 0 Å². The Kier molecular flexibility index (Phi) is 7.25. The summed E-state index contributed by atoms with van der Waals surface area (Å²) in [5, 5.41) is 2.44. The average molecular weight is 361 g/mol. The molecule has 2 rings (SSSR count). The zero-order valence-corrected chi connectivity index (χ0v) is 14.6. The van der Waals surface area contributed by atoms with Crippen molar-refractivity contribution in [3.63, 3.8) is 0 Å². The predicted octanol–water partition coefficient (Wildman–Crippen LogP) is 2.77. The fourth-order valence-corrected chi connectivity index (χ4v) is 2.85. The Bertz CT molecular complexity index is 583. The molecular weight excluding hydrogens is 336 g/mol. The first-order valence-electron chi connectivity index (χ1n) is 8.71. The molecule has 0 spiro atoms. The van der Waals surface area contributed by atoms with E-state index in [1.807, 2.05) is 13.8 Å². The number of rotatable bonds is 8. The second-order valence-electron chi connectivity index (χ2n) is 6.12. The summed E-state index contributed by atoms with van der Waals surface area (Å²) in [6, 6.07) is 0. The number of quaternary nitrogens is 1. The van der Waals surface area contributed by atoms with Gasteiger partial charge in [-0.1, -0.05) is 0 Å². The van der Waals surface area contributed by atoms with Gasteiger partial charge < -0.3 is 15.0 Å². The van der Waals surface area contributed by atoms with E-state index >= 15 is 0 Å². The summed E-state index contributed by atoms with van der Waals surface area (Å²) in [4.78, 5) is 1.19. The lowest BCUT2D eigenvalue weighted by molar-refractivity contribution is -0.890. The largest absolute Gasteiger partial charge is 0.378 e. The van der Waals surface area contributed by atoms with Gasteiger partial charge in [-0.25, -0.2) is 17.6 Å². The van der Waals surface area contributed by atoms with Crippen LogP contribution < -0.4 is 10.2 Å². The van der Waals surface area contributed by atoms with Crippen LogP contribution in [0.25, 0.3) is 6.08 Å². The van der Waals surface area contributed by atoms with Gasteiger partial charge in [0.05, 0.1) is 31.3 Å². The van der Waals surface area contributed by atoms with Crippen LogP contribution in [-0.4, -0.2) is 38.9 Å². The molecule has 3 nitrogen and oxygen atoms in total. The van der Waals surface area contributed by atoms with Crippen LogP contribution in [0.1, 0.15) is 32.3 Å². The van der Waals surface area contributed by atoms with Gasteiger partial charge in [0.1, 0.15) is 5.69 Å². The maximum Gasteiger partial charge on any atom is 0.185 e. The maximum absolute atomic E-state index is 14.2. The van der Waals surface area contributed by atoms with Crippen molar-refractivity contribution in [1.82, 2.24) is 0 Å². The summed E-state index contributed by atoms with van der Waals surface area (Å²) in [5.74, 6) is -5.60. The minimum Gasteiger partial charge on any atom is -0.378 e. The first-order chi connectivity index (χ1) is 12.0. The molecule has 1 atom stereocenters. The molecule has 0 amide bonds. The molecule has 1 aromatic carbocycles. The quantitative estimate of drug-likeness (QED) is 0.550. The van der Waals surface area contributed by atoms with Crippen LogP contribution in [0.4, 0.5) is 23.2 Å². The summed E-state index contributed by atoms with van der Waals surface area (Å²) < 4.78 is 62.0. The number of ether oxygens (including phenoxy) is 1. The van der Waals surface area contributed by atoms with Crippen LogP contribution in [0.15, 0.2) is 6.08 Å². The van der Waals surface area contributed by atoms with Crippen molar-refractivity contribution in [2.45, 2.75) is 32.8 Å². The standard InChI is InChI=1S/C18H24F4N2O/c1-3-24(4-2)9-5-8-13-14(19)16(21)18(17(22)15(13)20)23-11-12-7-6-10-25-12/h5,8,12,23H,3-4,6-7,9-11H2,1-2H3/p+1/b8-5+/t12-/m1/s1. The van der Waals surface area contributed by atoms with Crippen molar-refractivity contribution in [1.29, 1.82) is 0 Å². The van der Waals surface area contributed by atoms with Crippen molar-refractivity contribution in [2.75, 3.05) is 38.1 Å². The highest BCUT2D eigenvalue weighted by Crippen LogP contribution is 2.29. The zero-order chi connectivity index (χ0) is 18.4.